The van der Waals surface area contributed by atoms with E-state index in [4.69, 9.17) is 4.74 Å². The van der Waals surface area contributed by atoms with Crippen LogP contribution in [0.1, 0.15) is 65.7 Å². The molecule has 1 saturated carbocycles. The van der Waals surface area contributed by atoms with Crippen molar-refractivity contribution in [1.29, 1.82) is 0 Å². The predicted octanol–water partition coefficient (Wildman–Crippen LogP) is 1.44. The van der Waals surface area contributed by atoms with Gasteiger partial charge in [-0.2, -0.15) is 0 Å². The molecule has 9 heteroatoms. The van der Waals surface area contributed by atoms with Crippen molar-refractivity contribution in [3.63, 3.8) is 0 Å². The second-order valence-corrected chi connectivity index (χ2v) is 8.62. The van der Waals surface area contributed by atoms with E-state index in [0.717, 1.165) is 50.2 Å². The summed E-state index contributed by atoms with van der Waals surface area (Å²) in [4.78, 5) is 50.9. The van der Waals surface area contributed by atoms with Gasteiger partial charge in [0, 0.05) is 24.8 Å². The first-order valence-corrected chi connectivity index (χ1v) is 11.4. The molecule has 1 aromatic rings. The van der Waals surface area contributed by atoms with Crippen LogP contribution in [0.2, 0.25) is 0 Å². The molecule has 32 heavy (non-hydrogen) atoms. The van der Waals surface area contributed by atoms with E-state index in [9.17, 15) is 19.2 Å². The van der Waals surface area contributed by atoms with Crippen molar-refractivity contribution in [2.24, 2.45) is 0 Å². The fraction of sp³-hybridized carbons (Fsp3) is 0.565. The maximum atomic E-state index is 13.2. The van der Waals surface area contributed by atoms with Crippen molar-refractivity contribution in [1.82, 2.24) is 15.5 Å². The van der Waals surface area contributed by atoms with Crippen LogP contribution in [-0.2, 0) is 14.3 Å². The average Bonchev–Trinajstić information content (AvgIpc) is 3.04. The minimum Gasteiger partial charge on any atom is -0.382 e. The van der Waals surface area contributed by atoms with E-state index in [1.807, 2.05) is 7.05 Å². The summed E-state index contributed by atoms with van der Waals surface area (Å²) in [5, 5.41) is 8.79. The monoisotopic (exact) mass is 442 g/mol. The maximum absolute atomic E-state index is 13.2. The molecule has 4 amide bonds. The Labute approximate surface area is 187 Å². The molecule has 3 N–H and O–H groups in total. The summed E-state index contributed by atoms with van der Waals surface area (Å²) >= 11 is 0. The average molecular weight is 443 g/mol. The lowest BCUT2D eigenvalue weighted by Crippen LogP contribution is -2.54. The fourth-order valence-electron chi connectivity index (χ4n) is 4.73. The first-order valence-electron chi connectivity index (χ1n) is 11.4. The molecular formula is C23H30N4O5. The van der Waals surface area contributed by atoms with Crippen molar-refractivity contribution in [3.8, 4) is 0 Å². The van der Waals surface area contributed by atoms with Gasteiger partial charge in [-0.25, -0.2) is 0 Å². The van der Waals surface area contributed by atoms with Gasteiger partial charge in [0.05, 0.1) is 17.2 Å². The van der Waals surface area contributed by atoms with Crippen LogP contribution in [0.15, 0.2) is 18.2 Å². The van der Waals surface area contributed by atoms with Crippen LogP contribution < -0.4 is 16.0 Å². The summed E-state index contributed by atoms with van der Waals surface area (Å²) in [6.45, 7) is 1.70. The predicted molar refractivity (Wildman–Crippen MR) is 117 cm³/mol. The van der Waals surface area contributed by atoms with Gasteiger partial charge in [0.1, 0.15) is 6.04 Å². The molecule has 0 spiro atoms. The Morgan fingerprint density at radius 1 is 1.06 bits per heavy atom. The summed E-state index contributed by atoms with van der Waals surface area (Å²) in [5.74, 6) is -1.95. The van der Waals surface area contributed by atoms with Crippen molar-refractivity contribution in [3.05, 3.63) is 29.3 Å². The number of nitrogens with one attached hydrogen (secondary N) is 3. The van der Waals surface area contributed by atoms with Gasteiger partial charge in [0.15, 0.2) is 0 Å². The zero-order chi connectivity index (χ0) is 22.7. The Bertz CT molecular complexity index is 910. The molecule has 2 aliphatic heterocycles. The highest BCUT2D eigenvalue weighted by molar-refractivity contribution is 6.25. The molecule has 1 aromatic carbocycles. The molecule has 2 fully saturated rings. The number of fused-ring (bicyclic) bond motifs is 1. The second kappa shape index (κ2) is 9.79. The highest BCUT2D eigenvalue weighted by atomic mass is 16.5. The molecule has 0 radical (unpaired) electrons. The number of carbonyl (C=O) groups is 4. The van der Waals surface area contributed by atoms with Crippen LogP contribution in [0.25, 0.3) is 0 Å². The molecule has 172 valence electrons. The summed E-state index contributed by atoms with van der Waals surface area (Å²) in [6, 6.07) is 4.40. The zero-order valence-corrected chi connectivity index (χ0v) is 18.3. The number of benzene rings is 1. The van der Waals surface area contributed by atoms with Crippen molar-refractivity contribution >= 4 is 29.3 Å². The van der Waals surface area contributed by atoms with Gasteiger partial charge in [0.25, 0.3) is 11.8 Å². The standard InChI is InChI=1S/C23H30N4O5/c1-24-12-3-13-32-15-8-6-14(7-9-15)25-17-5-2-4-16-20(17)23(31)27(22(16)30)18-10-11-19(28)26-21(18)29/h2,4-5,14-15,18,24-25H,3,6-13H2,1H3,(H,26,28,29). The van der Waals surface area contributed by atoms with Crippen molar-refractivity contribution in [2.75, 3.05) is 25.5 Å². The molecule has 1 aliphatic carbocycles. The molecule has 4 rings (SSSR count). The van der Waals surface area contributed by atoms with Crippen molar-refractivity contribution < 1.29 is 23.9 Å². The van der Waals surface area contributed by atoms with Gasteiger partial charge in [0.2, 0.25) is 11.8 Å². The lowest BCUT2D eigenvalue weighted by Gasteiger charge is -2.30. The van der Waals surface area contributed by atoms with E-state index in [2.05, 4.69) is 16.0 Å². The van der Waals surface area contributed by atoms with Gasteiger partial charge in [-0.1, -0.05) is 6.07 Å². The van der Waals surface area contributed by atoms with E-state index in [0.29, 0.717) is 16.8 Å². The molecule has 3 aliphatic rings. The lowest BCUT2D eigenvalue weighted by molar-refractivity contribution is -0.136. The minimum atomic E-state index is -0.955. The second-order valence-electron chi connectivity index (χ2n) is 8.62. The van der Waals surface area contributed by atoms with Gasteiger partial charge in [-0.05, 0) is 64.3 Å². The smallest absolute Gasteiger partial charge is 0.264 e. The van der Waals surface area contributed by atoms with Gasteiger partial charge < -0.3 is 15.4 Å². The zero-order valence-electron chi connectivity index (χ0n) is 18.3. The van der Waals surface area contributed by atoms with E-state index < -0.39 is 23.8 Å². The SMILES string of the molecule is CNCCCOC1CCC(Nc2cccc3c2C(=O)N(C2CCC(=O)NC2=O)C3=O)CC1. The van der Waals surface area contributed by atoms with Crippen LogP contribution in [0.4, 0.5) is 5.69 Å². The summed E-state index contributed by atoms with van der Waals surface area (Å²) < 4.78 is 5.95. The largest absolute Gasteiger partial charge is 0.382 e. The van der Waals surface area contributed by atoms with Crippen LogP contribution in [0, 0.1) is 0 Å². The minimum absolute atomic E-state index is 0.106. The van der Waals surface area contributed by atoms with Crippen LogP contribution in [0.5, 0.6) is 0 Å². The Balaban J connectivity index is 1.41. The molecule has 1 unspecified atom stereocenters. The van der Waals surface area contributed by atoms with Crippen LogP contribution >= 0.6 is 0 Å². The third-order valence-corrected chi connectivity index (χ3v) is 6.43. The number of nitrogens with zero attached hydrogens (tertiary/aromatic N) is 1. The molecular weight excluding hydrogens is 412 g/mol. The number of ether oxygens (including phenoxy) is 1. The molecule has 2 heterocycles. The third kappa shape index (κ3) is 4.54. The molecule has 1 saturated heterocycles. The topological polar surface area (TPSA) is 117 Å². The molecule has 0 bridgehead atoms. The normalized spacial score (nSPS) is 25.7. The van der Waals surface area contributed by atoms with Crippen LogP contribution in [-0.4, -0.2) is 66.9 Å². The van der Waals surface area contributed by atoms with E-state index >= 15 is 0 Å². The number of amides is 4. The highest BCUT2D eigenvalue weighted by Gasteiger charge is 2.45. The van der Waals surface area contributed by atoms with E-state index in [1.54, 1.807) is 18.2 Å². The first-order chi connectivity index (χ1) is 15.5. The Morgan fingerprint density at radius 2 is 1.84 bits per heavy atom. The lowest BCUT2D eigenvalue weighted by atomic mass is 9.92. The van der Waals surface area contributed by atoms with Gasteiger partial charge >= 0.3 is 0 Å². The summed E-state index contributed by atoms with van der Waals surface area (Å²) in [6.07, 6.45) is 5.23. The molecule has 0 aromatic heterocycles. The maximum Gasteiger partial charge on any atom is 0.264 e. The third-order valence-electron chi connectivity index (χ3n) is 6.43. The fourth-order valence-corrected chi connectivity index (χ4v) is 4.73. The number of imide groups is 2. The van der Waals surface area contributed by atoms with Gasteiger partial charge in [-0.3, -0.25) is 29.4 Å². The summed E-state index contributed by atoms with van der Waals surface area (Å²) in [5.41, 5.74) is 1.23. The van der Waals surface area contributed by atoms with E-state index in [1.165, 1.54) is 0 Å². The summed E-state index contributed by atoms with van der Waals surface area (Å²) in [7, 11) is 1.93. The number of hydrogen-bond donors (Lipinski definition) is 3. The molecule has 9 nitrogen and oxygen atoms in total. The number of hydrogen-bond acceptors (Lipinski definition) is 7. The molecule has 1 atom stereocenters. The Hall–Kier alpha value is -2.78. The van der Waals surface area contributed by atoms with Crippen LogP contribution in [0.3, 0.4) is 0 Å². The Morgan fingerprint density at radius 3 is 2.56 bits per heavy atom. The van der Waals surface area contributed by atoms with Crippen molar-refractivity contribution in [2.45, 2.75) is 63.1 Å². The first kappa shape index (κ1) is 22.4. The quantitative estimate of drug-likeness (QED) is 0.412. The number of anilines is 1. The number of piperidine rings is 1. The Kier molecular flexibility index (Phi) is 6.86. The number of carbonyl (C=O) groups excluding carboxylic acids is 4. The van der Waals surface area contributed by atoms with E-state index in [-0.39, 0.29) is 30.9 Å². The van der Waals surface area contributed by atoms with Gasteiger partial charge in [-0.15, -0.1) is 0 Å². The highest BCUT2D eigenvalue weighted by Crippen LogP contribution is 2.34. The number of rotatable bonds is 8.